The minimum atomic E-state index is 0.433. The molecule has 0 N–H and O–H groups in total. The van der Waals surface area contributed by atoms with Crippen molar-refractivity contribution in [1.29, 1.82) is 0 Å². The van der Waals surface area contributed by atoms with Gasteiger partial charge in [-0.2, -0.15) is 0 Å². The number of hydrogen-bond acceptors (Lipinski definition) is 2. The number of rotatable bonds is 0. The Balaban J connectivity index is 2.88. The summed E-state index contributed by atoms with van der Waals surface area (Å²) in [7, 11) is 0. The molecular formula is C8H4Cl2N2. The molecule has 4 heteroatoms. The van der Waals surface area contributed by atoms with Crippen molar-refractivity contribution >= 4 is 34.1 Å². The highest BCUT2D eigenvalue weighted by atomic mass is 35.5. The van der Waals surface area contributed by atoms with Crippen LogP contribution in [0.1, 0.15) is 0 Å². The molecule has 2 aromatic rings. The molecular weight excluding hydrogens is 195 g/mol. The Bertz CT molecular complexity index is 428. The monoisotopic (exact) mass is 198 g/mol. The predicted octanol–water partition coefficient (Wildman–Crippen LogP) is 2.94. The molecule has 2 aromatic heterocycles. The average Bonchev–Trinajstić information content (AvgIpc) is 2.07. The molecule has 2 heterocycles. The van der Waals surface area contributed by atoms with E-state index in [1.54, 1.807) is 24.5 Å². The smallest absolute Gasteiger partial charge is 0.138 e. The van der Waals surface area contributed by atoms with E-state index in [-0.39, 0.29) is 0 Å². The van der Waals surface area contributed by atoms with Gasteiger partial charge in [-0.25, -0.2) is 4.98 Å². The molecule has 0 saturated heterocycles. The molecule has 0 aliphatic heterocycles. The fourth-order valence-corrected chi connectivity index (χ4v) is 1.36. The summed E-state index contributed by atoms with van der Waals surface area (Å²) in [5.74, 6) is 0. The molecule has 0 aromatic carbocycles. The highest BCUT2D eigenvalue weighted by Crippen LogP contribution is 2.21. The van der Waals surface area contributed by atoms with Gasteiger partial charge in [-0.1, -0.05) is 23.2 Å². The maximum absolute atomic E-state index is 5.82. The summed E-state index contributed by atoms with van der Waals surface area (Å²) in [6.45, 7) is 0. The van der Waals surface area contributed by atoms with E-state index in [1.807, 2.05) is 0 Å². The molecule has 0 saturated carbocycles. The highest BCUT2D eigenvalue weighted by Gasteiger charge is 2.00. The molecule has 0 radical (unpaired) electrons. The van der Waals surface area contributed by atoms with Crippen LogP contribution in [0.25, 0.3) is 10.9 Å². The van der Waals surface area contributed by atoms with E-state index in [0.29, 0.717) is 10.2 Å². The van der Waals surface area contributed by atoms with Crippen molar-refractivity contribution in [2.45, 2.75) is 0 Å². The van der Waals surface area contributed by atoms with E-state index in [2.05, 4.69) is 9.97 Å². The number of aromatic nitrogens is 2. The van der Waals surface area contributed by atoms with Crippen molar-refractivity contribution < 1.29 is 0 Å². The van der Waals surface area contributed by atoms with Crippen molar-refractivity contribution in [3.05, 3.63) is 34.7 Å². The fourth-order valence-electron chi connectivity index (χ4n) is 0.991. The first kappa shape index (κ1) is 7.77. The van der Waals surface area contributed by atoms with Crippen LogP contribution < -0.4 is 0 Å². The lowest BCUT2D eigenvalue weighted by molar-refractivity contribution is 1.32. The summed E-state index contributed by atoms with van der Waals surface area (Å²) in [4.78, 5) is 8.00. The summed E-state index contributed by atoms with van der Waals surface area (Å²) < 4.78 is 0. The van der Waals surface area contributed by atoms with E-state index < -0.39 is 0 Å². The Hall–Kier alpha value is -0.860. The molecule has 2 nitrogen and oxygen atoms in total. The number of pyridine rings is 2. The quantitative estimate of drug-likeness (QED) is 0.609. The molecule has 0 bridgehead atoms. The lowest BCUT2D eigenvalue weighted by Gasteiger charge is -1.97. The normalized spacial score (nSPS) is 10.5. The summed E-state index contributed by atoms with van der Waals surface area (Å²) in [6, 6.07) is 3.54. The third-order valence-electron chi connectivity index (χ3n) is 1.53. The summed E-state index contributed by atoms with van der Waals surface area (Å²) in [5, 5.41) is 1.78. The van der Waals surface area contributed by atoms with Gasteiger partial charge in [0.25, 0.3) is 0 Å². The van der Waals surface area contributed by atoms with Crippen LogP contribution in [0, 0.1) is 0 Å². The minimum absolute atomic E-state index is 0.433. The number of fused-ring (bicyclic) bond motifs is 1. The maximum Gasteiger partial charge on any atom is 0.138 e. The van der Waals surface area contributed by atoms with E-state index in [4.69, 9.17) is 23.2 Å². The fraction of sp³-hybridized carbons (Fsp3) is 0. The molecule has 0 fully saturated rings. The van der Waals surface area contributed by atoms with Crippen LogP contribution in [0.15, 0.2) is 24.5 Å². The lowest BCUT2D eigenvalue weighted by Crippen LogP contribution is -1.81. The third-order valence-corrected chi connectivity index (χ3v) is 2.04. The minimum Gasteiger partial charge on any atom is -0.255 e. The van der Waals surface area contributed by atoms with Gasteiger partial charge in [-0.05, 0) is 12.1 Å². The SMILES string of the molecule is Clc1cnc2ccnc(Cl)c2c1. The number of hydrogen-bond donors (Lipinski definition) is 0. The zero-order chi connectivity index (χ0) is 8.55. The topological polar surface area (TPSA) is 25.8 Å². The van der Waals surface area contributed by atoms with Gasteiger partial charge >= 0.3 is 0 Å². The molecule has 0 atom stereocenters. The Morgan fingerprint density at radius 2 is 2.00 bits per heavy atom. The van der Waals surface area contributed by atoms with Crippen LogP contribution in [0.4, 0.5) is 0 Å². The van der Waals surface area contributed by atoms with E-state index >= 15 is 0 Å². The standard InChI is InChI=1S/C8H4Cl2N2/c9-5-3-6-7(12-4-5)1-2-11-8(6)10/h1-4H. The van der Waals surface area contributed by atoms with Crippen LogP contribution >= 0.6 is 23.2 Å². The van der Waals surface area contributed by atoms with Gasteiger partial charge < -0.3 is 0 Å². The molecule has 0 spiro atoms. The van der Waals surface area contributed by atoms with Crippen molar-refractivity contribution in [3.63, 3.8) is 0 Å². The first-order chi connectivity index (χ1) is 5.77. The summed E-state index contributed by atoms with van der Waals surface area (Å²) in [6.07, 6.45) is 3.20. The first-order valence-corrected chi connectivity index (χ1v) is 4.09. The summed E-state index contributed by atoms with van der Waals surface area (Å²) >= 11 is 11.6. The summed E-state index contributed by atoms with van der Waals surface area (Å²) in [5.41, 5.74) is 0.805. The van der Waals surface area contributed by atoms with E-state index in [1.165, 1.54) is 0 Å². The van der Waals surface area contributed by atoms with Crippen molar-refractivity contribution in [2.75, 3.05) is 0 Å². The van der Waals surface area contributed by atoms with Crippen molar-refractivity contribution in [3.8, 4) is 0 Å². The second-order valence-corrected chi connectivity index (χ2v) is 3.12. The van der Waals surface area contributed by atoms with E-state index in [0.717, 1.165) is 10.9 Å². The molecule has 0 amide bonds. The molecule has 0 aliphatic rings. The molecule has 2 rings (SSSR count). The third kappa shape index (κ3) is 1.24. The van der Waals surface area contributed by atoms with Crippen LogP contribution in [0.5, 0.6) is 0 Å². The number of halogens is 2. The molecule has 12 heavy (non-hydrogen) atoms. The highest BCUT2D eigenvalue weighted by molar-refractivity contribution is 6.35. The lowest BCUT2D eigenvalue weighted by atomic mass is 10.3. The van der Waals surface area contributed by atoms with Gasteiger partial charge in [0.15, 0.2) is 0 Å². The predicted molar refractivity (Wildman–Crippen MR) is 49.6 cm³/mol. The van der Waals surface area contributed by atoms with Gasteiger partial charge in [0, 0.05) is 17.8 Å². The van der Waals surface area contributed by atoms with Crippen LogP contribution in [-0.2, 0) is 0 Å². The molecule has 0 aliphatic carbocycles. The van der Waals surface area contributed by atoms with Gasteiger partial charge in [-0.15, -0.1) is 0 Å². The Kier molecular flexibility index (Phi) is 1.87. The van der Waals surface area contributed by atoms with Crippen LogP contribution in [0.3, 0.4) is 0 Å². The van der Waals surface area contributed by atoms with Crippen LogP contribution in [-0.4, -0.2) is 9.97 Å². The van der Waals surface area contributed by atoms with Gasteiger partial charge in [0.1, 0.15) is 5.15 Å². The average molecular weight is 199 g/mol. The van der Waals surface area contributed by atoms with Crippen LogP contribution in [0.2, 0.25) is 10.2 Å². The van der Waals surface area contributed by atoms with Gasteiger partial charge in [0.05, 0.1) is 10.5 Å². The number of nitrogens with zero attached hydrogens (tertiary/aromatic N) is 2. The maximum atomic E-state index is 5.82. The molecule has 60 valence electrons. The Labute approximate surface area is 79.2 Å². The molecule has 0 unspecified atom stereocenters. The van der Waals surface area contributed by atoms with Gasteiger partial charge in [-0.3, -0.25) is 4.98 Å². The second kappa shape index (κ2) is 2.88. The Morgan fingerprint density at radius 1 is 1.17 bits per heavy atom. The Morgan fingerprint density at radius 3 is 2.83 bits per heavy atom. The zero-order valence-corrected chi connectivity index (χ0v) is 7.47. The second-order valence-electron chi connectivity index (χ2n) is 2.32. The zero-order valence-electron chi connectivity index (χ0n) is 5.96. The first-order valence-electron chi connectivity index (χ1n) is 3.33. The van der Waals surface area contributed by atoms with Crippen molar-refractivity contribution in [1.82, 2.24) is 9.97 Å². The largest absolute Gasteiger partial charge is 0.255 e. The van der Waals surface area contributed by atoms with Gasteiger partial charge in [0.2, 0.25) is 0 Å². The van der Waals surface area contributed by atoms with Crippen molar-refractivity contribution in [2.24, 2.45) is 0 Å². The van der Waals surface area contributed by atoms with E-state index in [9.17, 15) is 0 Å².